The highest BCUT2D eigenvalue weighted by Gasteiger charge is 2.37. The number of hydrogen-bond donors (Lipinski definition) is 1. The third kappa shape index (κ3) is 9.73. The molecule has 0 radical (unpaired) electrons. The van der Waals surface area contributed by atoms with Gasteiger partial charge < -0.3 is 29.0 Å². The highest BCUT2D eigenvalue weighted by molar-refractivity contribution is 5.77. The lowest BCUT2D eigenvalue weighted by atomic mass is 9.92. The lowest BCUT2D eigenvalue weighted by Gasteiger charge is -2.26. The van der Waals surface area contributed by atoms with Gasteiger partial charge in [-0.25, -0.2) is 14.4 Å². The number of ether oxygens (including phenoxy) is 4. The van der Waals surface area contributed by atoms with Gasteiger partial charge in [0, 0.05) is 31.1 Å². The molecule has 0 aliphatic heterocycles. The highest BCUT2D eigenvalue weighted by atomic mass is 19.4. The first kappa shape index (κ1) is 39.5. The van der Waals surface area contributed by atoms with Gasteiger partial charge in [0.05, 0.1) is 51.5 Å². The second-order valence-electron chi connectivity index (χ2n) is 11.9. The van der Waals surface area contributed by atoms with Gasteiger partial charge in [0.2, 0.25) is 5.95 Å². The fourth-order valence-corrected chi connectivity index (χ4v) is 5.39. The molecule has 1 N–H and O–H groups in total. The largest absolute Gasteiger partial charge is 0.496 e. The van der Waals surface area contributed by atoms with Crippen molar-refractivity contribution >= 4 is 11.9 Å². The number of aliphatic carboxylic acids is 1. The normalized spacial score (nSPS) is 11.8. The molecule has 1 heterocycles. The molecule has 16 heteroatoms. The number of nitrogens with zero attached hydrogens (tertiary/aromatic N) is 3. The summed E-state index contributed by atoms with van der Waals surface area (Å²) in [5.74, 6) is -1.04. The van der Waals surface area contributed by atoms with Crippen LogP contribution in [0, 0.1) is 5.82 Å². The van der Waals surface area contributed by atoms with Crippen molar-refractivity contribution in [3.05, 3.63) is 88.5 Å². The molecule has 0 bridgehead atoms. The van der Waals surface area contributed by atoms with E-state index in [0.717, 1.165) is 0 Å². The molecule has 3 aromatic carbocycles. The van der Waals surface area contributed by atoms with Crippen LogP contribution in [0.2, 0.25) is 0 Å². The second-order valence-corrected chi connectivity index (χ2v) is 11.9. The van der Waals surface area contributed by atoms with E-state index in [0.29, 0.717) is 34.4 Å². The predicted octanol–water partition coefficient (Wildman–Crippen LogP) is 8.92. The summed E-state index contributed by atoms with van der Waals surface area (Å²) in [4.78, 5) is 20.8. The molecule has 52 heavy (non-hydrogen) atoms. The summed E-state index contributed by atoms with van der Waals surface area (Å²) in [6.45, 7) is 2.87. The summed E-state index contributed by atoms with van der Waals surface area (Å²) < 4.78 is 120. The Hall–Kier alpha value is -5.28. The van der Waals surface area contributed by atoms with Crippen molar-refractivity contribution in [2.45, 2.75) is 58.0 Å². The molecule has 0 unspecified atom stereocenters. The molecule has 0 amide bonds. The van der Waals surface area contributed by atoms with Crippen molar-refractivity contribution in [2.75, 3.05) is 32.8 Å². The van der Waals surface area contributed by atoms with Crippen molar-refractivity contribution in [1.29, 1.82) is 0 Å². The van der Waals surface area contributed by atoms with Crippen LogP contribution in [-0.2, 0) is 30.2 Å². The van der Waals surface area contributed by atoms with Crippen LogP contribution in [0.4, 0.5) is 36.7 Å². The van der Waals surface area contributed by atoms with Crippen LogP contribution in [0.5, 0.6) is 23.0 Å². The summed E-state index contributed by atoms with van der Waals surface area (Å²) in [5.41, 5.74) is -1.70. The standard InChI is InChI=1S/C36H36F7N3O6/c1-20(2)26-13-28(30(49-3)15-29(26)37)27-14-32(51-5)31(50-4)11-22(27)19-46(34-44-16-25(17-45-34)52-8-6-7-33(47)48)18-21-9-23(35(38,39)40)12-24(10-21)36(41,42)43/h9-17,20H,6-8,18-19H2,1-5H3,(H,47,48). The van der Waals surface area contributed by atoms with E-state index in [1.165, 1.54) is 44.7 Å². The van der Waals surface area contributed by atoms with Gasteiger partial charge in [0.25, 0.3) is 0 Å². The van der Waals surface area contributed by atoms with Gasteiger partial charge in [-0.05, 0) is 71.0 Å². The number of anilines is 1. The van der Waals surface area contributed by atoms with Gasteiger partial charge >= 0.3 is 18.3 Å². The van der Waals surface area contributed by atoms with E-state index < -0.39 is 41.8 Å². The fourth-order valence-electron chi connectivity index (χ4n) is 5.39. The van der Waals surface area contributed by atoms with E-state index in [2.05, 4.69) is 9.97 Å². The SMILES string of the molecule is COc1cc(CN(Cc2cc(C(F)(F)F)cc(C(F)(F)F)c2)c2ncc(OCCCC(=O)O)cn2)c(-c2cc(C(C)C)c(F)cc2OC)cc1OC. The Bertz CT molecular complexity index is 1830. The van der Waals surface area contributed by atoms with Crippen LogP contribution in [0.1, 0.15) is 60.4 Å². The van der Waals surface area contributed by atoms with Crippen molar-refractivity contribution < 1.29 is 59.6 Å². The number of aromatic nitrogens is 2. The summed E-state index contributed by atoms with van der Waals surface area (Å²) in [7, 11) is 4.14. The molecule has 0 saturated carbocycles. The predicted molar refractivity (Wildman–Crippen MR) is 176 cm³/mol. The Morgan fingerprint density at radius 3 is 1.88 bits per heavy atom. The molecular weight excluding hydrogens is 703 g/mol. The first-order valence-electron chi connectivity index (χ1n) is 15.8. The van der Waals surface area contributed by atoms with Crippen LogP contribution in [0.25, 0.3) is 11.1 Å². The summed E-state index contributed by atoms with van der Waals surface area (Å²) in [5, 5.41) is 8.86. The molecule has 4 rings (SSSR count). The Morgan fingerprint density at radius 2 is 1.37 bits per heavy atom. The summed E-state index contributed by atoms with van der Waals surface area (Å²) in [6, 6.07) is 7.29. The van der Waals surface area contributed by atoms with Gasteiger partial charge in [0.1, 0.15) is 11.6 Å². The minimum absolute atomic E-state index is 0.0239. The number of methoxy groups -OCH3 is 3. The number of halogens is 7. The van der Waals surface area contributed by atoms with Gasteiger partial charge in [-0.1, -0.05) is 13.8 Å². The summed E-state index contributed by atoms with van der Waals surface area (Å²) in [6.07, 6.45) is -7.63. The average molecular weight is 740 g/mol. The lowest BCUT2D eigenvalue weighted by molar-refractivity contribution is -0.143. The topological polar surface area (TPSA) is 103 Å². The van der Waals surface area contributed by atoms with Gasteiger partial charge in [-0.2, -0.15) is 26.3 Å². The maximum absolute atomic E-state index is 15.1. The van der Waals surface area contributed by atoms with Crippen LogP contribution >= 0.6 is 0 Å². The number of carbonyl (C=O) groups is 1. The number of rotatable bonds is 15. The Kier molecular flexibility index (Phi) is 12.4. The van der Waals surface area contributed by atoms with E-state index in [9.17, 15) is 31.1 Å². The number of alkyl halides is 6. The molecule has 0 fully saturated rings. The molecule has 0 aliphatic rings. The quantitative estimate of drug-likeness (QED) is 0.0946. The smallest absolute Gasteiger partial charge is 0.416 e. The zero-order valence-corrected chi connectivity index (χ0v) is 28.8. The maximum Gasteiger partial charge on any atom is 0.416 e. The lowest BCUT2D eigenvalue weighted by Crippen LogP contribution is -2.25. The van der Waals surface area contributed by atoms with Crippen molar-refractivity contribution in [3.63, 3.8) is 0 Å². The maximum atomic E-state index is 15.1. The molecular formula is C36H36F7N3O6. The zero-order valence-electron chi connectivity index (χ0n) is 28.8. The summed E-state index contributed by atoms with van der Waals surface area (Å²) >= 11 is 0. The number of benzene rings is 3. The van der Waals surface area contributed by atoms with Crippen molar-refractivity contribution in [1.82, 2.24) is 9.97 Å². The molecule has 0 spiro atoms. The van der Waals surface area contributed by atoms with Crippen molar-refractivity contribution in [2.24, 2.45) is 0 Å². The molecule has 9 nitrogen and oxygen atoms in total. The van der Waals surface area contributed by atoms with Crippen LogP contribution in [-0.4, -0.2) is 49.0 Å². The van der Waals surface area contributed by atoms with Gasteiger partial charge in [-0.15, -0.1) is 0 Å². The molecule has 0 aliphatic carbocycles. The first-order valence-corrected chi connectivity index (χ1v) is 15.8. The molecule has 1 aromatic heterocycles. The molecule has 0 saturated heterocycles. The van der Waals surface area contributed by atoms with Crippen molar-refractivity contribution in [3.8, 4) is 34.1 Å². The van der Waals surface area contributed by atoms with Crippen LogP contribution in [0.3, 0.4) is 0 Å². The third-order valence-electron chi connectivity index (χ3n) is 7.92. The number of carboxylic acid groups (broad SMARTS) is 1. The zero-order chi connectivity index (χ0) is 38.4. The van der Waals surface area contributed by atoms with Gasteiger partial charge in [-0.3, -0.25) is 4.79 Å². The van der Waals surface area contributed by atoms with Crippen LogP contribution < -0.4 is 23.8 Å². The third-order valence-corrected chi connectivity index (χ3v) is 7.92. The molecule has 280 valence electrons. The second kappa shape index (κ2) is 16.4. The minimum Gasteiger partial charge on any atom is -0.496 e. The van der Waals surface area contributed by atoms with Gasteiger partial charge in [0.15, 0.2) is 17.2 Å². The Balaban J connectivity index is 1.90. The van der Waals surface area contributed by atoms with Crippen LogP contribution in [0.15, 0.2) is 54.9 Å². The first-order chi connectivity index (χ1) is 24.4. The Labute approximate surface area is 294 Å². The minimum atomic E-state index is -5.08. The van der Waals surface area contributed by atoms with E-state index in [-0.39, 0.29) is 72.5 Å². The van der Waals surface area contributed by atoms with E-state index >= 15 is 4.39 Å². The van der Waals surface area contributed by atoms with E-state index in [1.54, 1.807) is 32.0 Å². The highest BCUT2D eigenvalue weighted by Crippen LogP contribution is 2.43. The molecule has 4 aromatic rings. The monoisotopic (exact) mass is 739 g/mol. The average Bonchev–Trinajstić information content (AvgIpc) is 3.08. The molecule has 0 atom stereocenters. The Morgan fingerprint density at radius 1 is 0.788 bits per heavy atom. The van der Waals surface area contributed by atoms with E-state index in [1.807, 2.05) is 0 Å². The number of hydrogen-bond acceptors (Lipinski definition) is 8. The number of carboxylic acids is 1. The van der Waals surface area contributed by atoms with E-state index in [4.69, 9.17) is 24.1 Å². The fraction of sp³-hybridized carbons (Fsp3) is 0.361.